The summed E-state index contributed by atoms with van der Waals surface area (Å²) in [5, 5.41) is 6.58. The Kier molecular flexibility index (Phi) is 7.28. The topological polar surface area (TPSA) is 49.6 Å². The maximum absolute atomic E-state index is 5.51. The highest BCUT2D eigenvalue weighted by Gasteiger charge is 2.05. The van der Waals surface area contributed by atoms with Crippen molar-refractivity contribution in [2.75, 3.05) is 7.05 Å². The molecule has 1 heterocycles. The smallest absolute Gasteiger partial charge is 0.191 e. The molecule has 21 heavy (non-hydrogen) atoms. The van der Waals surface area contributed by atoms with Crippen molar-refractivity contribution in [2.24, 2.45) is 4.99 Å². The molecule has 0 aliphatic rings. The van der Waals surface area contributed by atoms with Crippen molar-refractivity contribution in [3.63, 3.8) is 0 Å². The number of hydrogen-bond acceptors (Lipinski definition) is 2. The normalized spacial score (nSPS) is 10.9. The Morgan fingerprint density at radius 1 is 1.10 bits per heavy atom. The third-order valence-corrected chi connectivity index (χ3v) is 3.12. The van der Waals surface area contributed by atoms with E-state index >= 15 is 0 Å². The van der Waals surface area contributed by atoms with Crippen LogP contribution in [0.1, 0.15) is 22.6 Å². The van der Waals surface area contributed by atoms with Gasteiger partial charge in [-0.05, 0) is 25.5 Å². The van der Waals surface area contributed by atoms with E-state index in [0.29, 0.717) is 6.54 Å². The second-order valence-corrected chi connectivity index (χ2v) is 4.70. The Morgan fingerprint density at radius 2 is 1.76 bits per heavy atom. The largest absolute Gasteiger partial charge is 0.466 e. The molecule has 2 rings (SSSR count). The highest BCUT2D eigenvalue weighted by atomic mass is 127. The molecule has 1 aromatic heterocycles. The summed E-state index contributed by atoms with van der Waals surface area (Å²) >= 11 is 0. The zero-order valence-corrected chi connectivity index (χ0v) is 15.0. The van der Waals surface area contributed by atoms with Crippen molar-refractivity contribution in [1.29, 1.82) is 0 Å². The van der Waals surface area contributed by atoms with Crippen LogP contribution in [0.2, 0.25) is 0 Å². The Balaban J connectivity index is 0.00000220. The number of nitrogens with one attached hydrogen (secondary N) is 2. The van der Waals surface area contributed by atoms with E-state index in [1.807, 2.05) is 38.1 Å². The van der Waals surface area contributed by atoms with Gasteiger partial charge in [-0.3, -0.25) is 4.99 Å². The molecule has 0 fully saturated rings. The van der Waals surface area contributed by atoms with Gasteiger partial charge in [-0.15, -0.1) is 24.0 Å². The standard InChI is InChI=1S/C16H21N3O.HI/c1-12-9-15(13(2)20-12)11-19-16(17-3)18-10-14-7-5-4-6-8-14;/h4-9H,10-11H2,1-3H3,(H2,17,18,19);1H. The summed E-state index contributed by atoms with van der Waals surface area (Å²) in [6.07, 6.45) is 0. The molecule has 0 spiro atoms. The van der Waals surface area contributed by atoms with Crippen LogP contribution in [0.25, 0.3) is 0 Å². The van der Waals surface area contributed by atoms with Gasteiger partial charge in [0.1, 0.15) is 11.5 Å². The number of rotatable bonds is 4. The summed E-state index contributed by atoms with van der Waals surface area (Å²) in [4.78, 5) is 4.22. The number of benzene rings is 1. The van der Waals surface area contributed by atoms with E-state index in [2.05, 4.69) is 27.8 Å². The van der Waals surface area contributed by atoms with E-state index in [-0.39, 0.29) is 24.0 Å². The van der Waals surface area contributed by atoms with Crippen LogP contribution in [-0.4, -0.2) is 13.0 Å². The van der Waals surface area contributed by atoms with Crippen molar-refractivity contribution >= 4 is 29.9 Å². The number of furan rings is 1. The lowest BCUT2D eigenvalue weighted by molar-refractivity contribution is 0.500. The molecule has 0 bridgehead atoms. The van der Waals surface area contributed by atoms with Crippen LogP contribution in [0.3, 0.4) is 0 Å². The van der Waals surface area contributed by atoms with Gasteiger partial charge in [-0.25, -0.2) is 0 Å². The van der Waals surface area contributed by atoms with Crippen molar-refractivity contribution in [2.45, 2.75) is 26.9 Å². The highest BCUT2D eigenvalue weighted by Crippen LogP contribution is 2.12. The van der Waals surface area contributed by atoms with Crippen LogP contribution in [0, 0.1) is 13.8 Å². The molecule has 0 saturated heterocycles. The number of guanidine groups is 1. The third-order valence-electron chi connectivity index (χ3n) is 3.12. The van der Waals surface area contributed by atoms with Crippen LogP contribution >= 0.6 is 24.0 Å². The molecule has 2 aromatic rings. The lowest BCUT2D eigenvalue weighted by Gasteiger charge is -2.11. The van der Waals surface area contributed by atoms with E-state index in [1.165, 1.54) is 5.56 Å². The summed E-state index contributed by atoms with van der Waals surface area (Å²) in [5.41, 5.74) is 2.39. The summed E-state index contributed by atoms with van der Waals surface area (Å²) in [6, 6.07) is 12.3. The Bertz CT molecular complexity index is 578. The molecular weight excluding hydrogens is 377 g/mol. The average Bonchev–Trinajstić information content (AvgIpc) is 2.78. The highest BCUT2D eigenvalue weighted by molar-refractivity contribution is 14.0. The van der Waals surface area contributed by atoms with Gasteiger partial charge >= 0.3 is 0 Å². The quantitative estimate of drug-likeness (QED) is 0.471. The van der Waals surface area contributed by atoms with Gasteiger partial charge in [0.25, 0.3) is 0 Å². The van der Waals surface area contributed by atoms with Crippen molar-refractivity contribution < 1.29 is 4.42 Å². The molecule has 114 valence electrons. The zero-order chi connectivity index (χ0) is 14.4. The fraction of sp³-hybridized carbons (Fsp3) is 0.312. The van der Waals surface area contributed by atoms with E-state index < -0.39 is 0 Å². The molecule has 5 heteroatoms. The monoisotopic (exact) mass is 399 g/mol. The van der Waals surface area contributed by atoms with E-state index in [0.717, 1.165) is 29.6 Å². The number of aryl methyl sites for hydroxylation is 2. The molecule has 0 atom stereocenters. The average molecular weight is 399 g/mol. The summed E-state index contributed by atoms with van der Waals surface area (Å²) in [6.45, 7) is 5.39. The first-order valence-corrected chi connectivity index (χ1v) is 6.73. The number of nitrogens with zero attached hydrogens (tertiary/aromatic N) is 1. The maximum Gasteiger partial charge on any atom is 0.191 e. The van der Waals surface area contributed by atoms with Crippen LogP contribution in [0.5, 0.6) is 0 Å². The second kappa shape index (κ2) is 8.71. The van der Waals surface area contributed by atoms with Gasteiger partial charge in [-0.2, -0.15) is 0 Å². The summed E-state index contributed by atoms with van der Waals surface area (Å²) in [5.74, 6) is 2.67. The lowest BCUT2D eigenvalue weighted by atomic mass is 10.2. The Hall–Kier alpha value is -1.50. The molecule has 1 aromatic carbocycles. The molecular formula is C16H22IN3O. The molecule has 0 unspecified atom stereocenters. The van der Waals surface area contributed by atoms with Crippen LogP contribution < -0.4 is 10.6 Å². The lowest BCUT2D eigenvalue weighted by Crippen LogP contribution is -2.36. The zero-order valence-electron chi connectivity index (χ0n) is 12.6. The maximum atomic E-state index is 5.51. The van der Waals surface area contributed by atoms with Crippen molar-refractivity contribution in [3.05, 3.63) is 59.0 Å². The predicted octanol–water partition coefficient (Wildman–Crippen LogP) is 3.38. The minimum Gasteiger partial charge on any atom is -0.466 e. The fourth-order valence-corrected chi connectivity index (χ4v) is 2.04. The molecule has 0 amide bonds. The van der Waals surface area contributed by atoms with E-state index in [1.54, 1.807) is 7.05 Å². The third kappa shape index (κ3) is 5.41. The minimum atomic E-state index is 0. The van der Waals surface area contributed by atoms with Crippen LogP contribution in [0.15, 0.2) is 45.8 Å². The molecule has 0 aliphatic carbocycles. The number of aliphatic imine (C=N–C) groups is 1. The van der Waals surface area contributed by atoms with Gasteiger partial charge in [0.15, 0.2) is 5.96 Å². The van der Waals surface area contributed by atoms with E-state index in [4.69, 9.17) is 4.42 Å². The van der Waals surface area contributed by atoms with Crippen LogP contribution in [0.4, 0.5) is 0 Å². The summed E-state index contributed by atoms with van der Waals surface area (Å²) in [7, 11) is 1.77. The van der Waals surface area contributed by atoms with Crippen molar-refractivity contribution in [1.82, 2.24) is 10.6 Å². The predicted molar refractivity (Wildman–Crippen MR) is 97.1 cm³/mol. The SMILES string of the molecule is CN=C(NCc1ccccc1)NCc1cc(C)oc1C.I. The summed E-state index contributed by atoms with van der Waals surface area (Å²) < 4.78 is 5.51. The Labute approximate surface area is 143 Å². The first-order valence-electron chi connectivity index (χ1n) is 6.73. The van der Waals surface area contributed by atoms with Gasteiger partial charge in [0.2, 0.25) is 0 Å². The first-order chi connectivity index (χ1) is 9.69. The Morgan fingerprint density at radius 3 is 2.33 bits per heavy atom. The number of halogens is 1. The fourth-order valence-electron chi connectivity index (χ4n) is 2.04. The number of hydrogen-bond donors (Lipinski definition) is 2. The second-order valence-electron chi connectivity index (χ2n) is 4.70. The van der Waals surface area contributed by atoms with Gasteiger partial charge in [0.05, 0.1) is 0 Å². The van der Waals surface area contributed by atoms with Crippen molar-refractivity contribution in [3.8, 4) is 0 Å². The first kappa shape index (κ1) is 17.6. The van der Waals surface area contributed by atoms with Crippen LogP contribution in [-0.2, 0) is 13.1 Å². The minimum absolute atomic E-state index is 0. The van der Waals surface area contributed by atoms with Gasteiger partial charge < -0.3 is 15.1 Å². The molecule has 4 nitrogen and oxygen atoms in total. The van der Waals surface area contributed by atoms with Gasteiger partial charge in [0, 0.05) is 25.7 Å². The van der Waals surface area contributed by atoms with Gasteiger partial charge in [-0.1, -0.05) is 30.3 Å². The molecule has 0 aliphatic heterocycles. The molecule has 0 saturated carbocycles. The molecule has 2 N–H and O–H groups in total. The molecule has 0 radical (unpaired) electrons. The van der Waals surface area contributed by atoms with E-state index in [9.17, 15) is 0 Å².